The predicted molar refractivity (Wildman–Crippen MR) is 82.8 cm³/mol. The number of likely N-dealkylation sites (tertiary alicyclic amines) is 1. The van der Waals surface area contributed by atoms with Crippen molar-refractivity contribution in [2.75, 3.05) is 26.2 Å². The topological polar surface area (TPSA) is 24.5 Å². The highest BCUT2D eigenvalue weighted by atomic mass is 35.5. The van der Waals surface area contributed by atoms with Crippen LogP contribution in [0.15, 0.2) is 0 Å². The quantitative estimate of drug-likeness (QED) is 0.846. The van der Waals surface area contributed by atoms with Crippen molar-refractivity contribution in [1.29, 1.82) is 0 Å². The number of nitrogens with one attached hydrogen (secondary N) is 1. The fourth-order valence-electron chi connectivity index (χ4n) is 3.05. The Balaban J connectivity index is 0.00000180. The molecule has 0 amide bonds. The fourth-order valence-corrected chi connectivity index (χ4v) is 3.05. The van der Waals surface area contributed by atoms with Gasteiger partial charge in [-0.15, -0.1) is 12.4 Å². The molecule has 114 valence electrons. The zero-order chi connectivity index (χ0) is 13.4. The van der Waals surface area contributed by atoms with E-state index in [4.69, 9.17) is 4.74 Å². The molecule has 2 unspecified atom stereocenters. The number of ether oxygens (including phenoxy) is 1. The molecule has 0 aromatic heterocycles. The Morgan fingerprint density at radius 3 is 2.47 bits per heavy atom. The molecule has 2 heterocycles. The van der Waals surface area contributed by atoms with Crippen molar-refractivity contribution in [3.63, 3.8) is 0 Å². The van der Waals surface area contributed by atoms with E-state index in [1.54, 1.807) is 0 Å². The van der Waals surface area contributed by atoms with Gasteiger partial charge in [-0.3, -0.25) is 5.32 Å². The third kappa shape index (κ3) is 4.07. The van der Waals surface area contributed by atoms with Gasteiger partial charge in [0.1, 0.15) is 5.72 Å². The van der Waals surface area contributed by atoms with E-state index in [1.165, 1.54) is 25.9 Å². The van der Waals surface area contributed by atoms with Crippen LogP contribution in [0.4, 0.5) is 0 Å². The monoisotopic (exact) mass is 290 g/mol. The van der Waals surface area contributed by atoms with Gasteiger partial charge in [-0.25, -0.2) is 0 Å². The highest BCUT2D eigenvalue weighted by Gasteiger charge is 2.42. The van der Waals surface area contributed by atoms with Gasteiger partial charge in [0.15, 0.2) is 0 Å². The van der Waals surface area contributed by atoms with Gasteiger partial charge in [0.2, 0.25) is 0 Å². The van der Waals surface area contributed by atoms with Crippen LogP contribution in [0.25, 0.3) is 0 Å². The van der Waals surface area contributed by atoms with Gasteiger partial charge < -0.3 is 9.64 Å². The van der Waals surface area contributed by atoms with Crippen molar-refractivity contribution in [1.82, 2.24) is 10.2 Å². The minimum Gasteiger partial charge on any atom is -0.360 e. The maximum absolute atomic E-state index is 6.21. The number of halogens is 1. The van der Waals surface area contributed by atoms with Gasteiger partial charge in [-0.1, -0.05) is 13.8 Å². The lowest BCUT2D eigenvalue weighted by Gasteiger charge is -2.49. The molecule has 0 aromatic rings. The average Bonchev–Trinajstić information content (AvgIpc) is 2.34. The van der Waals surface area contributed by atoms with E-state index in [0.717, 1.165) is 13.2 Å². The summed E-state index contributed by atoms with van der Waals surface area (Å²) < 4.78 is 6.21. The van der Waals surface area contributed by atoms with Crippen molar-refractivity contribution in [3.8, 4) is 0 Å². The van der Waals surface area contributed by atoms with Crippen molar-refractivity contribution >= 4 is 12.4 Å². The van der Waals surface area contributed by atoms with Crippen LogP contribution in [0, 0.1) is 11.3 Å². The number of piperidine rings is 1. The molecule has 2 aliphatic rings. The lowest BCUT2D eigenvalue weighted by atomic mass is 9.84. The van der Waals surface area contributed by atoms with Crippen molar-refractivity contribution in [2.24, 2.45) is 11.3 Å². The van der Waals surface area contributed by atoms with E-state index >= 15 is 0 Å². The zero-order valence-electron chi connectivity index (χ0n) is 13.2. The van der Waals surface area contributed by atoms with Gasteiger partial charge in [-0.2, -0.15) is 0 Å². The molecular weight excluding hydrogens is 260 g/mol. The summed E-state index contributed by atoms with van der Waals surface area (Å²) in [7, 11) is 0. The number of rotatable bonds is 2. The Bertz CT molecular complexity index is 284. The number of nitrogens with zero attached hydrogens (tertiary/aromatic N) is 1. The lowest BCUT2D eigenvalue weighted by Crippen LogP contribution is -2.62. The van der Waals surface area contributed by atoms with Crippen LogP contribution >= 0.6 is 12.4 Å². The summed E-state index contributed by atoms with van der Waals surface area (Å²) in [4.78, 5) is 2.59. The van der Waals surface area contributed by atoms with Crippen LogP contribution in [0.3, 0.4) is 0 Å². The van der Waals surface area contributed by atoms with Crippen molar-refractivity contribution < 1.29 is 4.74 Å². The Kier molecular flexibility index (Phi) is 5.71. The van der Waals surface area contributed by atoms with Crippen LogP contribution in [0.2, 0.25) is 0 Å². The highest BCUT2D eigenvalue weighted by molar-refractivity contribution is 5.85. The van der Waals surface area contributed by atoms with Gasteiger partial charge in [-0.05, 0) is 40.2 Å². The van der Waals surface area contributed by atoms with E-state index in [-0.39, 0.29) is 23.5 Å². The molecule has 2 saturated heterocycles. The first-order valence-electron chi connectivity index (χ1n) is 7.45. The van der Waals surface area contributed by atoms with Crippen LogP contribution < -0.4 is 5.32 Å². The Morgan fingerprint density at radius 1 is 1.26 bits per heavy atom. The summed E-state index contributed by atoms with van der Waals surface area (Å²) in [6, 6.07) is 0.649. The molecule has 1 N–H and O–H groups in total. The number of hydrogen-bond donors (Lipinski definition) is 1. The number of hydrogen-bond acceptors (Lipinski definition) is 3. The van der Waals surface area contributed by atoms with Gasteiger partial charge in [0.05, 0.1) is 6.61 Å². The Hall–Kier alpha value is 0.170. The molecular formula is C15H31ClN2O. The normalized spacial score (nSPS) is 36.0. The summed E-state index contributed by atoms with van der Waals surface area (Å²) in [6.45, 7) is 15.7. The summed E-state index contributed by atoms with van der Waals surface area (Å²) in [5.74, 6) is 0.616. The first-order chi connectivity index (χ1) is 8.32. The van der Waals surface area contributed by atoms with Crippen LogP contribution in [0.1, 0.15) is 47.5 Å². The van der Waals surface area contributed by atoms with Gasteiger partial charge in [0.25, 0.3) is 0 Å². The summed E-state index contributed by atoms with van der Waals surface area (Å²) in [5, 5.41) is 3.67. The lowest BCUT2D eigenvalue weighted by molar-refractivity contribution is -0.167. The molecule has 2 atom stereocenters. The molecule has 4 heteroatoms. The maximum Gasteiger partial charge on any atom is 0.120 e. The summed E-state index contributed by atoms with van der Waals surface area (Å²) in [6.07, 6.45) is 2.58. The second-order valence-corrected chi connectivity index (χ2v) is 7.34. The minimum absolute atomic E-state index is 0. The van der Waals surface area contributed by atoms with Gasteiger partial charge in [0, 0.05) is 30.5 Å². The molecule has 2 rings (SSSR count). The van der Waals surface area contributed by atoms with E-state index < -0.39 is 0 Å². The smallest absolute Gasteiger partial charge is 0.120 e. The van der Waals surface area contributed by atoms with E-state index in [0.29, 0.717) is 12.0 Å². The van der Waals surface area contributed by atoms with Crippen LogP contribution in [0.5, 0.6) is 0 Å². The average molecular weight is 291 g/mol. The molecule has 0 aliphatic carbocycles. The first-order valence-corrected chi connectivity index (χ1v) is 7.45. The maximum atomic E-state index is 6.21. The molecule has 0 aromatic carbocycles. The Labute approximate surface area is 124 Å². The third-order valence-corrected chi connectivity index (χ3v) is 4.64. The molecule has 0 saturated carbocycles. The van der Waals surface area contributed by atoms with Crippen LogP contribution in [-0.2, 0) is 4.74 Å². The third-order valence-electron chi connectivity index (χ3n) is 4.64. The second-order valence-electron chi connectivity index (χ2n) is 7.34. The second kappa shape index (κ2) is 6.30. The van der Waals surface area contributed by atoms with Crippen LogP contribution in [-0.4, -0.2) is 42.9 Å². The molecule has 3 nitrogen and oxygen atoms in total. The van der Waals surface area contributed by atoms with E-state index in [1.807, 2.05) is 0 Å². The summed E-state index contributed by atoms with van der Waals surface area (Å²) in [5.41, 5.74) is 0.148. The minimum atomic E-state index is -0.122. The summed E-state index contributed by atoms with van der Waals surface area (Å²) >= 11 is 0. The SMILES string of the molecule is CC(C)N1CCCC(C2(C)NCC(C)(C)CO2)C1.Cl. The standard InChI is InChI=1S/C15H30N2O.ClH/c1-12(2)17-8-6-7-13(9-17)15(5)16-10-14(3,4)11-18-15;/h12-13,16H,6-11H2,1-5H3;1H. The molecule has 0 spiro atoms. The van der Waals surface area contributed by atoms with Crippen molar-refractivity contribution in [2.45, 2.75) is 59.2 Å². The van der Waals surface area contributed by atoms with E-state index in [9.17, 15) is 0 Å². The van der Waals surface area contributed by atoms with Gasteiger partial charge >= 0.3 is 0 Å². The molecule has 0 radical (unpaired) electrons. The zero-order valence-corrected chi connectivity index (χ0v) is 14.0. The fraction of sp³-hybridized carbons (Fsp3) is 1.00. The molecule has 0 bridgehead atoms. The molecule has 2 aliphatic heterocycles. The predicted octanol–water partition coefficient (Wildman–Crippen LogP) is 2.89. The Morgan fingerprint density at radius 2 is 1.95 bits per heavy atom. The van der Waals surface area contributed by atoms with E-state index in [2.05, 4.69) is 44.8 Å². The van der Waals surface area contributed by atoms with Crippen molar-refractivity contribution in [3.05, 3.63) is 0 Å². The molecule has 19 heavy (non-hydrogen) atoms. The highest BCUT2D eigenvalue weighted by Crippen LogP contribution is 2.34. The molecule has 2 fully saturated rings. The largest absolute Gasteiger partial charge is 0.360 e. The first kappa shape index (κ1) is 17.2.